The van der Waals surface area contributed by atoms with E-state index in [1.54, 1.807) is 19.2 Å². The lowest BCUT2D eigenvalue weighted by Gasteiger charge is -2.22. The number of guanidine groups is 1. The predicted octanol–water partition coefficient (Wildman–Crippen LogP) is 3.23. The largest absolute Gasteiger partial charge is 0.356 e. The maximum atomic E-state index is 12.8. The molecule has 0 bridgehead atoms. The van der Waals surface area contributed by atoms with E-state index in [4.69, 9.17) is 0 Å². The van der Waals surface area contributed by atoms with Gasteiger partial charge in [0.25, 0.3) is 0 Å². The van der Waals surface area contributed by atoms with Crippen molar-refractivity contribution >= 4 is 16.0 Å². The Morgan fingerprint density at radius 1 is 1.00 bits per heavy atom. The number of hydrogen-bond acceptors (Lipinski definition) is 3. The summed E-state index contributed by atoms with van der Waals surface area (Å²) in [5, 5.41) is 6.52. The Kier molecular flexibility index (Phi) is 7.81. The van der Waals surface area contributed by atoms with Gasteiger partial charge in [0.2, 0.25) is 10.0 Å². The molecule has 1 unspecified atom stereocenters. The van der Waals surface area contributed by atoms with Crippen LogP contribution in [-0.4, -0.2) is 33.5 Å². The second-order valence-corrected chi connectivity index (χ2v) is 9.73. The lowest BCUT2D eigenvalue weighted by Crippen LogP contribution is -2.41. The molecular formula is C22H32N4O2S. The van der Waals surface area contributed by atoms with Crippen LogP contribution in [0, 0.1) is 0 Å². The van der Waals surface area contributed by atoms with Crippen LogP contribution >= 0.6 is 0 Å². The summed E-state index contributed by atoms with van der Waals surface area (Å²) in [4.78, 5) is 4.52. The second-order valence-electron chi connectivity index (χ2n) is 8.08. The van der Waals surface area contributed by atoms with E-state index in [9.17, 15) is 8.42 Å². The van der Waals surface area contributed by atoms with Crippen molar-refractivity contribution in [2.45, 2.75) is 50.6 Å². The monoisotopic (exact) mass is 416 g/mol. The molecule has 1 atom stereocenters. The van der Waals surface area contributed by atoms with Crippen molar-refractivity contribution in [2.24, 2.45) is 4.99 Å². The molecule has 0 aromatic heterocycles. The summed E-state index contributed by atoms with van der Waals surface area (Å²) in [5.74, 6) is 0.946. The topological polar surface area (TPSA) is 82.6 Å². The molecule has 0 heterocycles. The normalized spacial score (nSPS) is 13.8. The van der Waals surface area contributed by atoms with Crippen molar-refractivity contribution in [1.29, 1.82) is 0 Å². The van der Waals surface area contributed by atoms with Gasteiger partial charge in [-0.2, -0.15) is 0 Å². The van der Waals surface area contributed by atoms with Gasteiger partial charge in [-0.05, 0) is 43.9 Å². The van der Waals surface area contributed by atoms with Crippen molar-refractivity contribution in [3.63, 3.8) is 0 Å². The van der Waals surface area contributed by atoms with Gasteiger partial charge in [-0.1, -0.05) is 55.5 Å². The zero-order chi connectivity index (χ0) is 21.5. The zero-order valence-electron chi connectivity index (χ0n) is 17.9. The molecule has 0 fully saturated rings. The minimum absolute atomic E-state index is 0.274. The highest BCUT2D eigenvalue weighted by atomic mass is 32.2. The maximum absolute atomic E-state index is 12.8. The molecule has 158 valence electrons. The number of aliphatic imine (C=N–C) groups is 1. The maximum Gasteiger partial charge on any atom is 0.241 e. The van der Waals surface area contributed by atoms with E-state index >= 15 is 0 Å². The average molecular weight is 417 g/mol. The number of hydrogen-bond donors (Lipinski definition) is 3. The van der Waals surface area contributed by atoms with E-state index < -0.39 is 15.6 Å². The Morgan fingerprint density at radius 2 is 1.62 bits per heavy atom. The van der Waals surface area contributed by atoms with Gasteiger partial charge in [-0.15, -0.1) is 0 Å². The van der Waals surface area contributed by atoms with Crippen LogP contribution in [0.1, 0.15) is 44.7 Å². The summed E-state index contributed by atoms with van der Waals surface area (Å²) in [5.41, 5.74) is 1.38. The number of benzene rings is 2. The molecule has 0 radical (unpaired) electrons. The van der Waals surface area contributed by atoms with Crippen LogP contribution in [0.15, 0.2) is 64.5 Å². The van der Waals surface area contributed by atoms with Gasteiger partial charge in [0.1, 0.15) is 0 Å². The van der Waals surface area contributed by atoms with Crippen LogP contribution in [0.3, 0.4) is 0 Å². The fraction of sp³-hybridized carbons (Fsp3) is 0.409. The minimum atomic E-state index is -3.62. The molecule has 0 saturated carbocycles. The summed E-state index contributed by atoms with van der Waals surface area (Å²) in [6.45, 7) is 8.69. The average Bonchev–Trinajstić information content (AvgIpc) is 2.67. The van der Waals surface area contributed by atoms with Crippen molar-refractivity contribution < 1.29 is 8.42 Å². The molecule has 2 aromatic rings. The lowest BCUT2D eigenvalue weighted by molar-refractivity contribution is 0.491. The Morgan fingerprint density at radius 3 is 2.24 bits per heavy atom. The van der Waals surface area contributed by atoms with Gasteiger partial charge >= 0.3 is 0 Å². The quantitative estimate of drug-likeness (QED) is 0.478. The molecule has 7 heteroatoms. The third-order valence-electron chi connectivity index (χ3n) is 4.32. The van der Waals surface area contributed by atoms with Crippen LogP contribution in [0.5, 0.6) is 0 Å². The van der Waals surface area contributed by atoms with Crippen molar-refractivity contribution in [3.8, 4) is 0 Å². The fourth-order valence-electron chi connectivity index (χ4n) is 2.92. The molecule has 0 saturated heterocycles. The molecule has 0 aliphatic rings. The molecule has 2 rings (SSSR count). The van der Waals surface area contributed by atoms with Gasteiger partial charge in [-0.3, -0.25) is 4.99 Å². The Balaban J connectivity index is 2.03. The minimum Gasteiger partial charge on any atom is -0.356 e. The first-order valence-corrected chi connectivity index (χ1v) is 11.2. The first-order chi connectivity index (χ1) is 13.6. The molecular weight excluding hydrogens is 384 g/mol. The molecule has 0 aliphatic carbocycles. The standard InChI is InChI=1S/C22H32N4O2S/c1-17(18-11-7-6-8-12-18)15-24-21(23-5)25-16-19-13-9-10-14-20(19)29(27,28)26-22(2,3)4/h6-14,17,26H,15-16H2,1-5H3,(H2,23,24,25). The lowest BCUT2D eigenvalue weighted by atomic mass is 10.0. The van der Waals surface area contributed by atoms with E-state index in [1.807, 2.05) is 51.1 Å². The van der Waals surface area contributed by atoms with Gasteiger partial charge < -0.3 is 10.6 Å². The van der Waals surface area contributed by atoms with Crippen LogP contribution in [0.25, 0.3) is 0 Å². The molecule has 6 nitrogen and oxygen atoms in total. The van der Waals surface area contributed by atoms with E-state index in [-0.39, 0.29) is 4.90 Å². The second kappa shape index (κ2) is 9.89. The Hall–Kier alpha value is -2.38. The molecule has 2 aromatic carbocycles. The van der Waals surface area contributed by atoms with E-state index in [2.05, 4.69) is 39.4 Å². The highest BCUT2D eigenvalue weighted by Gasteiger charge is 2.24. The van der Waals surface area contributed by atoms with Gasteiger partial charge in [0.15, 0.2) is 5.96 Å². The van der Waals surface area contributed by atoms with Crippen molar-refractivity contribution in [3.05, 3.63) is 65.7 Å². The van der Waals surface area contributed by atoms with Crippen LogP contribution in [0.2, 0.25) is 0 Å². The van der Waals surface area contributed by atoms with E-state index in [0.29, 0.717) is 24.0 Å². The van der Waals surface area contributed by atoms with E-state index in [0.717, 1.165) is 6.54 Å². The van der Waals surface area contributed by atoms with E-state index in [1.165, 1.54) is 5.56 Å². The summed E-state index contributed by atoms with van der Waals surface area (Å²) in [7, 11) is -1.91. The highest BCUT2D eigenvalue weighted by molar-refractivity contribution is 7.89. The zero-order valence-corrected chi connectivity index (χ0v) is 18.7. The van der Waals surface area contributed by atoms with Gasteiger partial charge in [0, 0.05) is 25.7 Å². The van der Waals surface area contributed by atoms with Gasteiger partial charge in [0.05, 0.1) is 4.90 Å². The van der Waals surface area contributed by atoms with Crippen molar-refractivity contribution in [2.75, 3.05) is 13.6 Å². The summed E-state index contributed by atoms with van der Waals surface area (Å²) >= 11 is 0. The Bertz CT molecular complexity index is 919. The summed E-state index contributed by atoms with van der Waals surface area (Å²) < 4.78 is 28.3. The summed E-state index contributed by atoms with van der Waals surface area (Å²) in [6, 6.07) is 17.3. The van der Waals surface area contributed by atoms with Crippen LogP contribution in [-0.2, 0) is 16.6 Å². The highest BCUT2D eigenvalue weighted by Crippen LogP contribution is 2.18. The fourth-order valence-corrected chi connectivity index (χ4v) is 4.58. The molecule has 0 amide bonds. The molecule has 0 spiro atoms. The van der Waals surface area contributed by atoms with Crippen LogP contribution in [0.4, 0.5) is 0 Å². The third-order valence-corrected chi connectivity index (χ3v) is 6.18. The predicted molar refractivity (Wildman–Crippen MR) is 120 cm³/mol. The van der Waals surface area contributed by atoms with Crippen LogP contribution < -0.4 is 15.4 Å². The number of nitrogens with zero attached hydrogens (tertiary/aromatic N) is 1. The first-order valence-electron chi connectivity index (χ1n) is 9.74. The number of nitrogens with one attached hydrogen (secondary N) is 3. The smallest absolute Gasteiger partial charge is 0.241 e. The first kappa shape index (κ1) is 22.9. The SMILES string of the molecule is CN=C(NCc1ccccc1S(=O)(=O)NC(C)(C)C)NCC(C)c1ccccc1. The molecule has 29 heavy (non-hydrogen) atoms. The molecule has 3 N–H and O–H groups in total. The third kappa shape index (κ3) is 7.18. The number of sulfonamides is 1. The Labute approximate surface area is 174 Å². The summed E-state index contributed by atoms with van der Waals surface area (Å²) in [6.07, 6.45) is 0. The number of rotatable bonds is 7. The van der Waals surface area contributed by atoms with Gasteiger partial charge in [-0.25, -0.2) is 13.1 Å². The van der Waals surface area contributed by atoms with Crippen molar-refractivity contribution in [1.82, 2.24) is 15.4 Å². The molecule has 0 aliphatic heterocycles.